The molecule has 0 radical (unpaired) electrons. The van der Waals surface area contributed by atoms with Gasteiger partial charge in [-0.2, -0.15) is 0 Å². The standard InChI is InChI=1S/C13H18F2N2O2/c1-3-16-13(19)8(2)17-7-11(18)12-9(14)5-4-6-10(12)15/h4-6,8,11,17-18H,3,7H2,1-2H3,(H,16,19). The number of hydrogen-bond acceptors (Lipinski definition) is 3. The highest BCUT2D eigenvalue weighted by molar-refractivity contribution is 5.81. The van der Waals surface area contributed by atoms with Crippen LogP contribution in [0.1, 0.15) is 25.5 Å². The Balaban J connectivity index is 2.61. The third-order valence-electron chi connectivity index (χ3n) is 2.69. The molecule has 2 atom stereocenters. The number of carbonyl (C=O) groups is 1. The minimum Gasteiger partial charge on any atom is -0.387 e. The highest BCUT2D eigenvalue weighted by Gasteiger charge is 2.19. The van der Waals surface area contributed by atoms with E-state index in [1.165, 1.54) is 6.07 Å². The molecule has 1 rings (SSSR count). The summed E-state index contributed by atoms with van der Waals surface area (Å²) in [7, 11) is 0. The van der Waals surface area contributed by atoms with Crippen molar-refractivity contribution in [3.63, 3.8) is 0 Å². The third-order valence-corrected chi connectivity index (χ3v) is 2.69. The number of amides is 1. The number of likely N-dealkylation sites (N-methyl/N-ethyl adjacent to an activating group) is 1. The van der Waals surface area contributed by atoms with Crippen LogP contribution in [-0.2, 0) is 4.79 Å². The molecule has 6 heteroatoms. The molecular formula is C13H18F2N2O2. The molecule has 0 heterocycles. The fourth-order valence-electron chi connectivity index (χ4n) is 1.64. The van der Waals surface area contributed by atoms with Gasteiger partial charge in [-0.05, 0) is 26.0 Å². The molecule has 0 saturated carbocycles. The Bertz CT molecular complexity index is 420. The molecule has 106 valence electrons. The van der Waals surface area contributed by atoms with Crippen LogP contribution >= 0.6 is 0 Å². The zero-order valence-corrected chi connectivity index (χ0v) is 10.9. The van der Waals surface area contributed by atoms with E-state index in [2.05, 4.69) is 10.6 Å². The predicted molar refractivity (Wildman–Crippen MR) is 67.5 cm³/mol. The first-order chi connectivity index (χ1) is 8.97. The maximum atomic E-state index is 13.4. The van der Waals surface area contributed by atoms with Gasteiger partial charge in [0.1, 0.15) is 11.6 Å². The van der Waals surface area contributed by atoms with Crippen LogP contribution in [-0.4, -0.2) is 30.1 Å². The van der Waals surface area contributed by atoms with Crippen molar-refractivity contribution in [3.05, 3.63) is 35.4 Å². The quantitative estimate of drug-likeness (QED) is 0.727. The Kier molecular flexibility index (Phi) is 5.85. The number of aliphatic hydroxyl groups is 1. The molecule has 0 aliphatic carbocycles. The zero-order valence-electron chi connectivity index (χ0n) is 10.9. The third kappa shape index (κ3) is 4.25. The largest absolute Gasteiger partial charge is 0.387 e. The van der Waals surface area contributed by atoms with Gasteiger partial charge in [0.2, 0.25) is 5.91 Å². The average molecular weight is 272 g/mol. The first kappa shape index (κ1) is 15.5. The van der Waals surface area contributed by atoms with E-state index in [0.717, 1.165) is 12.1 Å². The zero-order chi connectivity index (χ0) is 14.4. The fraction of sp³-hybridized carbons (Fsp3) is 0.462. The van der Waals surface area contributed by atoms with E-state index in [0.29, 0.717) is 6.54 Å². The molecule has 1 aromatic carbocycles. The summed E-state index contributed by atoms with van der Waals surface area (Å²) >= 11 is 0. The topological polar surface area (TPSA) is 61.4 Å². The van der Waals surface area contributed by atoms with E-state index in [1.807, 2.05) is 0 Å². The molecule has 0 bridgehead atoms. The molecule has 0 fully saturated rings. The lowest BCUT2D eigenvalue weighted by Gasteiger charge is -2.17. The second-order valence-electron chi connectivity index (χ2n) is 4.18. The summed E-state index contributed by atoms with van der Waals surface area (Å²) in [5.74, 6) is -1.84. The highest BCUT2D eigenvalue weighted by Crippen LogP contribution is 2.19. The molecule has 0 saturated heterocycles. The number of hydrogen-bond donors (Lipinski definition) is 3. The van der Waals surface area contributed by atoms with E-state index in [9.17, 15) is 18.7 Å². The molecule has 1 amide bonds. The summed E-state index contributed by atoms with van der Waals surface area (Å²) in [6.07, 6.45) is -1.35. The molecule has 19 heavy (non-hydrogen) atoms. The van der Waals surface area contributed by atoms with Crippen molar-refractivity contribution >= 4 is 5.91 Å². The molecule has 3 N–H and O–H groups in total. The van der Waals surface area contributed by atoms with Gasteiger partial charge in [0.05, 0.1) is 17.7 Å². The molecule has 0 aromatic heterocycles. The number of halogens is 2. The van der Waals surface area contributed by atoms with Crippen LogP contribution in [0.5, 0.6) is 0 Å². The van der Waals surface area contributed by atoms with Crippen LogP contribution in [0, 0.1) is 11.6 Å². The lowest BCUT2D eigenvalue weighted by molar-refractivity contribution is -0.122. The Morgan fingerprint density at radius 3 is 2.47 bits per heavy atom. The number of nitrogens with one attached hydrogen (secondary N) is 2. The van der Waals surface area contributed by atoms with Crippen LogP contribution in [0.3, 0.4) is 0 Å². The van der Waals surface area contributed by atoms with Gasteiger partial charge in [-0.25, -0.2) is 8.78 Å². The Morgan fingerprint density at radius 1 is 1.37 bits per heavy atom. The number of rotatable bonds is 6. The molecule has 2 unspecified atom stereocenters. The first-order valence-corrected chi connectivity index (χ1v) is 6.10. The molecule has 4 nitrogen and oxygen atoms in total. The minimum absolute atomic E-state index is 0.115. The maximum absolute atomic E-state index is 13.4. The second-order valence-corrected chi connectivity index (χ2v) is 4.18. The lowest BCUT2D eigenvalue weighted by atomic mass is 10.1. The Labute approximate surface area is 110 Å². The number of benzene rings is 1. The van der Waals surface area contributed by atoms with Crippen LogP contribution in [0.2, 0.25) is 0 Å². The monoisotopic (exact) mass is 272 g/mol. The van der Waals surface area contributed by atoms with Crippen molar-refractivity contribution in [2.45, 2.75) is 26.0 Å². The van der Waals surface area contributed by atoms with E-state index in [1.54, 1.807) is 13.8 Å². The van der Waals surface area contributed by atoms with Gasteiger partial charge in [0.15, 0.2) is 0 Å². The van der Waals surface area contributed by atoms with Gasteiger partial charge in [-0.1, -0.05) is 6.07 Å². The predicted octanol–water partition coefficient (Wildman–Crippen LogP) is 1.11. The normalized spacial score (nSPS) is 13.9. The van der Waals surface area contributed by atoms with Crippen molar-refractivity contribution in [3.8, 4) is 0 Å². The second kappa shape index (κ2) is 7.16. The Hall–Kier alpha value is -1.53. The van der Waals surface area contributed by atoms with Crippen LogP contribution in [0.25, 0.3) is 0 Å². The lowest BCUT2D eigenvalue weighted by Crippen LogP contribution is -2.43. The van der Waals surface area contributed by atoms with Gasteiger partial charge in [-0.3, -0.25) is 4.79 Å². The summed E-state index contributed by atoms with van der Waals surface area (Å²) < 4.78 is 26.8. The summed E-state index contributed by atoms with van der Waals surface area (Å²) in [5, 5.41) is 15.1. The summed E-state index contributed by atoms with van der Waals surface area (Å²) in [5.41, 5.74) is -0.391. The highest BCUT2D eigenvalue weighted by atomic mass is 19.1. The SMILES string of the molecule is CCNC(=O)C(C)NCC(O)c1c(F)cccc1F. The van der Waals surface area contributed by atoms with Crippen LogP contribution < -0.4 is 10.6 Å². The average Bonchev–Trinajstić information content (AvgIpc) is 2.36. The van der Waals surface area contributed by atoms with Gasteiger partial charge >= 0.3 is 0 Å². The van der Waals surface area contributed by atoms with E-state index >= 15 is 0 Å². The maximum Gasteiger partial charge on any atom is 0.236 e. The molecule has 0 spiro atoms. The Morgan fingerprint density at radius 2 is 1.95 bits per heavy atom. The minimum atomic E-state index is -1.35. The molecule has 0 aliphatic heterocycles. The number of aliphatic hydroxyl groups excluding tert-OH is 1. The van der Waals surface area contributed by atoms with Crippen molar-refractivity contribution in [2.75, 3.05) is 13.1 Å². The van der Waals surface area contributed by atoms with Crippen molar-refractivity contribution in [1.82, 2.24) is 10.6 Å². The van der Waals surface area contributed by atoms with Gasteiger partial charge in [0.25, 0.3) is 0 Å². The van der Waals surface area contributed by atoms with Gasteiger partial charge in [0, 0.05) is 13.1 Å². The van der Waals surface area contributed by atoms with Crippen molar-refractivity contribution < 1.29 is 18.7 Å². The molecule has 1 aromatic rings. The first-order valence-electron chi connectivity index (χ1n) is 6.10. The van der Waals surface area contributed by atoms with Crippen LogP contribution in [0.4, 0.5) is 8.78 Å². The van der Waals surface area contributed by atoms with Gasteiger partial charge < -0.3 is 15.7 Å². The smallest absolute Gasteiger partial charge is 0.236 e. The van der Waals surface area contributed by atoms with E-state index < -0.39 is 29.3 Å². The summed E-state index contributed by atoms with van der Waals surface area (Å²) in [6.45, 7) is 3.77. The van der Waals surface area contributed by atoms with Crippen molar-refractivity contribution in [1.29, 1.82) is 0 Å². The van der Waals surface area contributed by atoms with Crippen LogP contribution in [0.15, 0.2) is 18.2 Å². The van der Waals surface area contributed by atoms with E-state index in [-0.39, 0.29) is 12.5 Å². The van der Waals surface area contributed by atoms with E-state index in [4.69, 9.17) is 0 Å². The summed E-state index contributed by atoms with van der Waals surface area (Å²) in [6, 6.07) is 2.83. The molecular weight excluding hydrogens is 254 g/mol. The molecule has 0 aliphatic rings. The number of carbonyl (C=O) groups excluding carboxylic acids is 1. The fourth-order valence-corrected chi connectivity index (χ4v) is 1.64. The van der Waals surface area contributed by atoms with Gasteiger partial charge in [-0.15, -0.1) is 0 Å². The van der Waals surface area contributed by atoms with Crippen molar-refractivity contribution in [2.24, 2.45) is 0 Å². The summed E-state index contributed by atoms with van der Waals surface area (Å²) in [4.78, 5) is 11.4.